The Morgan fingerprint density at radius 1 is 1.10 bits per heavy atom. The van der Waals surface area contributed by atoms with Crippen molar-refractivity contribution in [3.8, 4) is 23.7 Å². The Morgan fingerprint density at radius 3 is 2.52 bits per heavy atom. The maximum absolute atomic E-state index is 13.5. The molecule has 0 amide bonds. The zero-order chi connectivity index (χ0) is 15.1. The summed E-state index contributed by atoms with van der Waals surface area (Å²) in [4.78, 5) is 0. The molecule has 2 aromatic rings. The molecule has 0 fully saturated rings. The second-order valence-electron chi connectivity index (χ2n) is 4.28. The predicted molar refractivity (Wildman–Crippen MR) is 77.8 cm³/mol. The fourth-order valence-corrected chi connectivity index (χ4v) is 1.75. The van der Waals surface area contributed by atoms with Crippen LogP contribution in [0.3, 0.4) is 0 Å². The predicted octanol–water partition coefficient (Wildman–Crippen LogP) is 2.59. The van der Waals surface area contributed by atoms with Gasteiger partial charge in [0.2, 0.25) is 0 Å². The van der Waals surface area contributed by atoms with Crippen LogP contribution in [0.5, 0.6) is 5.75 Å². The molecule has 0 unspecified atom stereocenters. The van der Waals surface area contributed by atoms with Crippen LogP contribution in [-0.4, -0.2) is 6.54 Å². The molecule has 2 N–H and O–H groups in total. The smallest absolute Gasteiger partial charge is 0.124 e. The molecular weight excluding hydrogens is 267 g/mol. The maximum Gasteiger partial charge on any atom is 0.124 e. The van der Waals surface area contributed by atoms with Crippen molar-refractivity contribution in [1.82, 2.24) is 0 Å². The molecule has 0 heterocycles. The Morgan fingerprint density at radius 2 is 1.86 bits per heavy atom. The van der Waals surface area contributed by atoms with Crippen molar-refractivity contribution in [3.63, 3.8) is 0 Å². The molecule has 3 nitrogen and oxygen atoms in total. The second-order valence-corrected chi connectivity index (χ2v) is 4.28. The molecule has 104 valence electrons. The average molecular weight is 280 g/mol. The molecular formula is C17H13FN2O. The third-order valence-electron chi connectivity index (χ3n) is 2.68. The van der Waals surface area contributed by atoms with Gasteiger partial charge in [0.15, 0.2) is 0 Å². The van der Waals surface area contributed by atoms with Crippen molar-refractivity contribution in [3.05, 3.63) is 65.0 Å². The van der Waals surface area contributed by atoms with Crippen molar-refractivity contribution >= 4 is 0 Å². The van der Waals surface area contributed by atoms with Gasteiger partial charge in [0.1, 0.15) is 18.2 Å². The topological polar surface area (TPSA) is 59.0 Å². The molecule has 4 heteroatoms. The number of nitriles is 1. The minimum atomic E-state index is -0.364. The summed E-state index contributed by atoms with van der Waals surface area (Å²) in [6, 6.07) is 13.3. The lowest BCUT2D eigenvalue weighted by Crippen LogP contribution is -1.97. The highest BCUT2D eigenvalue weighted by molar-refractivity contribution is 5.38. The van der Waals surface area contributed by atoms with Gasteiger partial charge in [-0.25, -0.2) is 4.39 Å². The van der Waals surface area contributed by atoms with E-state index in [2.05, 4.69) is 11.8 Å². The molecule has 0 aliphatic heterocycles. The van der Waals surface area contributed by atoms with Gasteiger partial charge in [0, 0.05) is 5.56 Å². The summed E-state index contributed by atoms with van der Waals surface area (Å²) in [5.41, 5.74) is 7.11. The SMILES string of the molecule is N#Cc1ccc(OCc2cc(F)cc(C#CCN)c2)cc1. The van der Waals surface area contributed by atoms with Gasteiger partial charge in [-0.2, -0.15) is 5.26 Å². The van der Waals surface area contributed by atoms with Crippen molar-refractivity contribution in [1.29, 1.82) is 5.26 Å². The Bertz CT molecular complexity index is 721. The van der Waals surface area contributed by atoms with E-state index in [0.717, 1.165) is 0 Å². The first-order valence-corrected chi connectivity index (χ1v) is 6.32. The fourth-order valence-electron chi connectivity index (χ4n) is 1.75. The lowest BCUT2D eigenvalue weighted by Gasteiger charge is -2.07. The highest BCUT2D eigenvalue weighted by Gasteiger charge is 2.01. The van der Waals surface area contributed by atoms with Crippen LogP contribution in [0.25, 0.3) is 0 Å². The van der Waals surface area contributed by atoms with Crippen LogP contribution in [-0.2, 0) is 6.61 Å². The number of nitrogens with two attached hydrogens (primary N) is 1. The number of ether oxygens (including phenoxy) is 1. The van der Waals surface area contributed by atoms with E-state index >= 15 is 0 Å². The molecule has 0 aliphatic carbocycles. The third kappa shape index (κ3) is 4.35. The zero-order valence-corrected chi connectivity index (χ0v) is 11.3. The van der Waals surface area contributed by atoms with E-state index in [1.165, 1.54) is 12.1 Å². The summed E-state index contributed by atoms with van der Waals surface area (Å²) >= 11 is 0. The Hall–Kier alpha value is -2.82. The van der Waals surface area contributed by atoms with E-state index in [4.69, 9.17) is 15.7 Å². The summed E-state index contributed by atoms with van der Waals surface area (Å²) in [5.74, 6) is 5.73. The second kappa shape index (κ2) is 7.09. The Labute approximate surface area is 122 Å². The quantitative estimate of drug-likeness (QED) is 0.879. The van der Waals surface area contributed by atoms with E-state index in [9.17, 15) is 4.39 Å². The normalized spacial score (nSPS) is 9.38. The van der Waals surface area contributed by atoms with Crippen LogP contribution >= 0.6 is 0 Å². The Balaban J connectivity index is 2.08. The van der Waals surface area contributed by atoms with Gasteiger partial charge >= 0.3 is 0 Å². The molecule has 0 saturated carbocycles. The van der Waals surface area contributed by atoms with Crippen molar-refractivity contribution in [2.75, 3.05) is 6.54 Å². The van der Waals surface area contributed by atoms with Gasteiger partial charge in [0.25, 0.3) is 0 Å². The Kier molecular flexibility index (Phi) is 4.93. The molecule has 0 aliphatic rings. The monoisotopic (exact) mass is 280 g/mol. The summed E-state index contributed by atoms with van der Waals surface area (Å²) < 4.78 is 19.0. The highest BCUT2D eigenvalue weighted by Crippen LogP contribution is 2.15. The molecule has 2 rings (SSSR count). The van der Waals surface area contributed by atoms with Gasteiger partial charge in [0.05, 0.1) is 18.2 Å². The van der Waals surface area contributed by atoms with Gasteiger partial charge in [-0.3, -0.25) is 0 Å². The van der Waals surface area contributed by atoms with E-state index in [1.54, 1.807) is 30.3 Å². The van der Waals surface area contributed by atoms with Crippen LogP contribution < -0.4 is 10.5 Å². The van der Waals surface area contributed by atoms with Gasteiger partial charge in [-0.05, 0) is 48.0 Å². The summed E-state index contributed by atoms with van der Waals surface area (Å²) in [6.45, 7) is 0.453. The minimum absolute atomic E-state index is 0.223. The minimum Gasteiger partial charge on any atom is -0.489 e. The standard InChI is InChI=1S/C17H13FN2O/c18-16-9-14(2-1-7-19)8-15(10-16)12-21-17-5-3-13(11-20)4-6-17/h3-6,8-10H,7,12,19H2. The molecule has 0 spiro atoms. The van der Waals surface area contributed by atoms with E-state index < -0.39 is 0 Å². The molecule has 0 radical (unpaired) electrons. The van der Waals surface area contributed by atoms with Crippen molar-refractivity contribution in [2.24, 2.45) is 5.73 Å². The van der Waals surface area contributed by atoms with Crippen LogP contribution in [0.1, 0.15) is 16.7 Å². The molecule has 0 saturated heterocycles. The van der Waals surface area contributed by atoms with Crippen molar-refractivity contribution in [2.45, 2.75) is 6.61 Å². The number of halogens is 1. The summed E-state index contributed by atoms with van der Waals surface area (Å²) in [6.07, 6.45) is 0. The number of benzene rings is 2. The molecule has 0 bridgehead atoms. The maximum atomic E-state index is 13.5. The number of hydrogen-bond acceptors (Lipinski definition) is 3. The third-order valence-corrected chi connectivity index (χ3v) is 2.68. The van der Waals surface area contributed by atoms with E-state index in [-0.39, 0.29) is 19.0 Å². The van der Waals surface area contributed by atoms with E-state index in [1.807, 2.05) is 6.07 Å². The van der Waals surface area contributed by atoms with Gasteiger partial charge < -0.3 is 10.5 Å². The number of nitrogens with zero attached hydrogens (tertiary/aromatic N) is 1. The van der Waals surface area contributed by atoms with Gasteiger partial charge in [-0.15, -0.1) is 0 Å². The van der Waals surface area contributed by atoms with Crippen LogP contribution in [0, 0.1) is 29.0 Å². The molecule has 0 atom stereocenters. The van der Waals surface area contributed by atoms with Gasteiger partial charge in [-0.1, -0.05) is 11.8 Å². The average Bonchev–Trinajstić information content (AvgIpc) is 2.51. The molecule has 0 aromatic heterocycles. The van der Waals surface area contributed by atoms with Crippen LogP contribution in [0.15, 0.2) is 42.5 Å². The lowest BCUT2D eigenvalue weighted by atomic mass is 10.1. The van der Waals surface area contributed by atoms with Crippen LogP contribution in [0.4, 0.5) is 4.39 Å². The summed E-state index contributed by atoms with van der Waals surface area (Å²) in [5, 5.41) is 8.71. The largest absolute Gasteiger partial charge is 0.489 e. The first-order chi connectivity index (χ1) is 10.2. The summed E-state index contributed by atoms with van der Waals surface area (Å²) in [7, 11) is 0. The first-order valence-electron chi connectivity index (χ1n) is 6.32. The fraction of sp³-hybridized carbons (Fsp3) is 0.118. The zero-order valence-electron chi connectivity index (χ0n) is 11.3. The number of hydrogen-bond donors (Lipinski definition) is 1. The lowest BCUT2D eigenvalue weighted by molar-refractivity contribution is 0.305. The first kappa shape index (κ1) is 14.6. The highest BCUT2D eigenvalue weighted by atomic mass is 19.1. The molecule has 21 heavy (non-hydrogen) atoms. The van der Waals surface area contributed by atoms with E-state index in [0.29, 0.717) is 22.4 Å². The molecule has 2 aromatic carbocycles. The number of rotatable bonds is 3. The van der Waals surface area contributed by atoms with Crippen molar-refractivity contribution < 1.29 is 9.13 Å². The van der Waals surface area contributed by atoms with Crippen LogP contribution in [0.2, 0.25) is 0 Å².